The molecule has 0 saturated carbocycles. The van der Waals surface area contributed by atoms with Crippen molar-refractivity contribution in [1.29, 1.82) is 0 Å². The van der Waals surface area contributed by atoms with Gasteiger partial charge in [0.2, 0.25) is 0 Å². The Hall–Kier alpha value is -2.23. The smallest absolute Gasteiger partial charge is 0.306 e. The van der Waals surface area contributed by atoms with Crippen LogP contribution in [0.3, 0.4) is 0 Å². The number of carbonyl (C=O) groups is 2. The number of aliphatic hydroxyl groups is 2. The second kappa shape index (κ2) is 25.0. The van der Waals surface area contributed by atoms with Gasteiger partial charge in [-0.15, -0.1) is 0 Å². The topological polar surface area (TPSA) is 149 Å². The molecule has 1 aliphatic rings. The molecule has 0 amide bonds. The molecule has 2 heterocycles. The van der Waals surface area contributed by atoms with Crippen LogP contribution in [0.1, 0.15) is 51.4 Å². The number of morpholine rings is 1. The lowest BCUT2D eigenvalue weighted by atomic mass is 10.2. The fraction of sp³-hybridized carbons (Fsp3) is 0.774. The quantitative estimate of drug-likeness (QED) is 0.108. The molecule has 254 valence electrons. The first-order chi connectivity index (χ1) is 21.2. The van der Waals surface area contributed by atoms with Crippen LogP contribution in [0.4, 0.5) is 0 Å². The first-order valence-corrected chi connectivity index (χ1v) is 15.4. The number of nitrogens with zero attached hydrogens (tertiary/aromatic N) is 3. The van der Waals surface area contributed by atoms with Crippen LogP contribution in [0.2, 0.25) is 0 Å². The van der Waals surface area contributed by atoms with E-state index in [0.29, 0.717) is 76.2 Å². The van der Waals surface area contributed by atoms with E-state index in [2.05, 4.69) is 14.8 Å². The number of aldehydes is 1. The van der Waals surface area contributed by atoms with Crippen LogP contribution < -0.4 is 4.74 Å². The Bertz CT molecular complexity index is 856. The van der Waals surface area contributed by atoms with Crippen LogP contribution >= 0.6 is 0 Å². The second-order valence-corrected chi connectivity index (χ2v) is 11.2. The summed E-state index contributed by atoms with van der Waals surface area (Å²) in [6, 6.07) is 3.31. The monoisotopic (exact) mass is 629 g/mol. The van der Waals surface area contributed by atoms with Gasteiger partial charge in [-0.25, -0.2) is 0 Å². The molecule has 1 aliphatic heterocycles. The standard InChI is InChI=1S/C18H30N2O5.C13H25NO5/c1-18(2,3)25-17(23)6-5-7-20(4)8-9-24-16-10-14(12-21)19-15(11-16)13-22;15-5-1-6-16-10-12-19-13-11-18-9-4-14-2-7-17-8-3-14/h10-11,21-22H,5-9,12-13H2,1-4H3;5H,1-4,6-13H2. The molecule has 1 fully saturated rings. The average molecular weight is 630 g/mol. The van der Waals surface area contributed by atoms with Gasteiger partial charge in [0.05, 0.1) is 77.5 Å². The highest BCUT2D eigenvalue weighted by Gasteiger charge is 2.16. The summed E-state index contributed by atoms with van der Waals surface area (Å²) in [6.45, 7) is 15.2. The van der Waals surface area contributed by atoms with Crippen molar-refractivity contribution in [3.05, 3.63) is 23.5 Å². The molecule has 0 unspecified atom stereocenters. The van der Waals surface area contributed by atoms with Crippen molar-refractivity contribution in [2.75, 3.05) is 99.2 Å². The minimum Gasteiger partial charge on any atom is -0.492 e. The third-order valence-electron chi connectivity index (χ3n) is 6.09. The van der Waals surface area contributed by atoms with Gasteiger partial charge in [-0.05, 0) is 40.8 Å². The highest BCUT2D eigenvalue weighted by Crippen LogP contribution is 2.15. The van der Waals surface area contributed by atoms with E-state index in [-0.39, 0.29) is 19.2 Å². The summed E-state index contributed by atoms with van der Waals surface area (Å²) in [7, 11) is 1.96. The SMILES string of the molecule is CN(CCCC(=O)OC(C)(C)C)CCOc1cc(CO)nc(CO)c1.O=CCCOCCOCCOCCN1CCOCC1. The minimum atomic E-state index is -0.442. The molecule has 1 saturated heterocycles. The zero-order chi connectivity index (χ0) is 32.5. The lowest BCUT2D eigenvalue weighted by Crippen LogP contribution is -2.38. The van der Waals surface area contributed by atoms with Crippen molar-refractivity contribution in [2.45, 2.75) is 58.8 Å². The Morgan fingerprint density at radius 2 is 1.55 bits per heavy atom. The molecule has 2 rings (SSSR count). The summed E-state index contributed by atoms with van der Waals surface area (Å²) in [6.07, 6.45) is 2.42. The normalized spacial score (nSPS) is 13.8. The molecule has 1 aromatic heterocycles. The molecule has 1 aromatic rings. The zero-order valence-electron chi connectivity index (χ0n) is 27.2. The molecule has 0 spiro atoms. The molecule has 0 aromatic carbocycles. The Morgan fingerprint density at radius 1 is 0.955 bits per heavy atom. The van der Waals surface area contributed by atoms with Crippen LogP contribution in [0, 0.1) is 0 Å². The summed E-state index contributed by atoms with van der Waals surface area (Å²) < 4.78 is 32.2. The van der Waals surface area contributed by atoms with E-state index in [1.807, 2.05) is 27.8 Å². The Balaban J connectivity index is 0.000000457. The van der Waals surface area contributed by atoms with E-state index in [9.17, 15) is 9.59 Å². The van der Waals surface area contributed by atoms with Gasteiger partial charge in [0, 0.05) is 51.2 Å². The molecule has 2 N–H and O–H groups in total. The van der Waals surface area contributed by atoms with E-state index in [1.165, 1.54) is 0 Å². The number of carbonyl (C=O) groups excluding carboxylic acids is 2. The molecular formula is C31H55N3O10. The van der Waals surface area contributed by atoms with E-state index < -0.39 is 5.60 Å². The van der Waals surface area contributed by atoms with Crippen LogP contribution in [0.25, 0.3) is 0 Å². The van der Waals surface area contributed by atoms with Gasteiger partial charge < -0.3 is 48.3 Å². The van der Waals surface area contributed by atoms with Crippen LogP contribution in [-0.4, -0.2) is 142 Å². The summed E-state index contributed by atoms with van der Waals surface area (Å²) in [5.74, 6) is 0.396. The van der Waals surface area contributed by atoms with E-state index in [1.54, 1.807) is 12.1 Å². The van der Waals surface area contributed by atoms with Crippen LogP contribution in [-0.2, 0) is 46.5 Å². The molecule has 13 nitrogen and oxygen atoms in total. The van der Waals surface area contributed by atoms with Crippen molar-refractivity contribution in [1.82, 2.24) is 14.8 Å². The maximum absolute atomic E-state index is 11.6. The molecule has 0 atom stereocenters. The minimum absolute atomic E-state index is 0.179. The molecule has 13 heteroatoms. The third kappa shape index (κ3) is 22.3. The number of aliphatic hydroxyl groups excluding tert-OH is 2. The van der Waals surface area contributed by atoms with Crippen molar-refractivity contribution >= 4 is 12.3 Å². The summed E-state index contributed by atoms with van der Waals surface area (Å²) >= 11 is 0. The second-order valence-electron chi connectivity index (χ2n) is 11.2. The van der Waals surface area contributed by atoms with Gasteiger partial charge in [-0.3, -0.25) is 14.7 Å². The van der Waals surface area contributed by atoms with Crippen molar-refractivity contribution in [2.24, 2.45) is 0 Å². The number of rotatable bonds is 22. The largest absolute Gasteiger partial charge is 0.492 e. The number of hydrogen-bond donors (Lipinski definition) is 2. The van der Waals surface area contributed by atoms with E-state index in [4.69, 9.17) is 38.6 Å². The van der Waals surface area contributed by atoms with Crippen LogP contribution in [0.15, 0.2) is 12.1 Å². The Morgan fingerprint density at radius 3 is 2.11 bits per heavy atom. The molecule has 0 bridgehead atoms. The predicted octanol–water partition coefficient (Wildman–Crippen LogP) is 1.46. The maximum atomic E-state index is 11.6. The highest BCUT2D eigenvalue weighted by atomic mass is 16.6. The van der Waals surface area contributed by atoms with Gasteiger partial charge in [0.1, 0.15) is 24.2 Å². The van der Waals surface area contributed by atoms with Gasteiger partial charge in [0.25, 0.3) is 0 Å². The van der Waals surface area contributed by atoms with Crippen molar-refractivity contribution in [3.8, 4) is 5.75 Å². The lowest BCUT2D eigenvalue weighted by Gasteiger charge is -2.26. The number of likely N-dealkylation sites (N-methyl/N-ethyl adjacent to an activating group) is 1. The van der Waals surface area contributed by atoms with E-state index in [0.717, 1.165) is 58.7 Å². The summed E-state index contributed by atoms with van der Waals surface area (Å²) in [5.41, 5.74) is 0.488. The third-order valence-corrected chi connectivity index (χ3v) is 6.09. The molecule has 0 aliphatic carbocycles. The number of aromatic nitrogens is 1. The average Bonchev–Trinajstić information content (AvgIpc) is 2.99. The number of hydrogen-bond acceptors (Lipinski definition) is 13. The first kappa shape index (κ1) is 39.8. The van der Waals surface area contributed by atoms with Gasteiger partial charge in [0.15, 0.2) is 0 Å². The zero-order valence-corrected chi connectivity index (χ0v) is 27.2. The number of esters is 1. The summed E-state index contributed by atoms with van der Waals surface area (Å²) in [4.78, 5) is 30.1. The molecular weight excluding hydrogens is 574 g/mol. The van der Waals surface area contributed by atoms with Gasteiger partial charge in [-0.2, -0.15) is 0 Å². The van der Waals surface area contributed by atoms with Gasteiger partial charge in [-0.1, -0.05) is 0 Å². The Labute approximate surface area is 262 Å². The fourth-order valence-electron chi connectivity index (χ4n) is 3.87. The van der Waals surface area contributed by atoms with Crippen LogP contribution in [0.5, 0.6) is 5.75 Å². The lowest BCUT2D eigenvalue weighted by molar-refractivity contribution is -0.155. The highest BCUT2D eigenvalue weighted by molar-refractivity contribution is 5.69. The summed E-state index contributed by atoms with van der Waals surface area (Å²) in [5, 5.41) is 18.3. The van der Waals surface area contributed by atoms with E-state index >= 15 is 0 Å². The van der Waals surface area contributed by atoms with Gasteiger partial charge >= 0.3 is 5.97 Å². The van der Waals surface area contributed by atoms with Crippen molar-refractivity contribution in [3.63, 3.8) is 0 Å². The maximum Gasteiger partial charge on any atom is 0.306 e. The molecule has 0 radical (unpaired) electrons. The Kier molecular flexibility index (Phi) is 22.6. The van der Waals surface area contributed by atoms with Crippen molar-refractivity contribution < 1.29 is 48.2 Å². The predicted molar refractivity (Wildman–Crippen MR) is 165 cm³/mol. The number of pyridine rings is 1. The molecule has 44 heavy (non-hydrogen) atoms. The fourth-order valence-corrected chi connectivity index (χ4v) is 3.87. The first-order valence-electron chi connectivity index (χ1n) is 15.4. The number of ether oxygens (including phenoxy) is 6.